The van der Waals surface area contributed by atoms with Crippen LogP contribution in [0.3, 0.4) is 0 Å². The van der Waals surface area contributed by atoms with E-state index in [2.05, 4.69) is 10.3 Å². The molecule has 1 atom stereocenters. The number of rotatable bonds is 6. The molecule has 1 aliphatic carbocycles. The Balaban J connectivity index is 1.76. The molecule has 19 heavy (non-hydrogen) atoms. The molecule has 104 valence electrons. The number of hydrogen-bond donors (Lipinski definition) is 2. The quantitative estimate of drug-likeness (QED) is 0.818. The summed E-state index contributed by atoms with van der Waals surface area (Å²) in [6, 6.07) is 4.06. The highest BCUT2D eigenvalue weighted by Crippen LogP contribution is 2.27. The topological polar surface area (TPSA) is 68.0 Å². The molecule has 1 aliphatic rings. The van der Waals surface area contributed by atoms with Crippen LogP contribution >= 0.6 is 0 Å². The van der Waals surface area contributed by atoms with Gasteiger partial charge in [0.25, 0.3) is 0 Å². The molecule has 2 rings (SSSR count). The highest BCUT2D eigenvalue weighted by atomic mass is 16.1. The van der Waals surface area contributed by atoms with Gasteiger partial charge in [-0.2, -0.15) is 0 Å². The molecule has 1 heterocycles. The highest BCUT2D eigenvalue weighted by Gasteiger charge is 2.24. The van der Waals surface area contributed by atoms with E-state index in [4.69, 9.17) is 5.73 Å². The Morgan fingerprint density at radius 3 is 2.68 bits per heavy atom. The fourth-order valence-electron chi connectivity index (χ4n) is 2.82. The van der Waals surface area contributed by atoms with E-state index in [0.29, 0.717) is 18.9 Å². The number of nitrogens with one attached hydrogen (secondary N) is 1. The molecule has 1 aromatic heterocycles. The van der Waals surface area contributed by atoms with Crippen LogP contribution < -0.4 is 11.1 Å². The van der Waals surface area contributed by atoms with E-state index in [1.54, 1.807) is 12.4 Å². The predicted molar refractivity (Wildman–Crippen MR) is 75.5 cm³/mol. The van der Waals surface area contributed by atoms with Gasteiger partial charge in [0, 0.05) is 31.4 Å². The summed E-state index contributed by atoms with van der Waals surface area (Å²) in [5.74, 6) is 0.689. The van der Waals surface area contributed by atoms with Crippen LogP contribution in [-0.2, 0) is 11.2 Å². The third-order valence-corrected chi connectivity index (χ3v) is 3.96. The van der Waals surface area contributed by atoms with E-state index in [9.17, 15) is 4.79 Å². The Bertz CT molecular complexity index is 388. The highest BCUT2D eigenvalue weighted by molar-refractivity contribution is 5.76. The minimum Gasteiger partial charge on any atom is -0.352 e. The van der Waals surface area contributed by atoms with Crippen molar-refractivity contribution in [2.75, 3.05) is 6.54 Å². The van der Waals surface area contributed by atoms with Crippen LogP contribution in [0.5, 0.6) is 0 Å². The van der Waals surface area contributed by atoms with Crippen LogP contribution in [0.25, 0.3) is 0 Å². The Labute approximate surface area is 114 Å². The molecular weight excluding hydrogens is 238 g/mol. The van der Waals surface area contributed by atoms with Gasteiger partial charge < -0.3 is 11.1 Å². The molecular formula is C15H23N3O. The summed E-state index contributed by atoms with van der Waals surface area (Å²) in [6.45, 7) is 0.547. The van der Waals surface area contributed by atoms with Gasteiger partial charge in [-0.05, 0) is 42.9 Å². The second-order valence-electron chi connectivity index (χ2n) is 5.31. The minimum absolute atomic E-state index is 0.110. The van der Waals surface area contributed by atoms with Gasteiger partial charge in [0.15, 0.2) is 0 Å². The molecule has 0 saturated heterocycles. The first-order valence-electron chi connectivity index (χ1n) is 7.18. The van der Waals surface area contributed by atoms with Gasteiger partial charge in [0.2, 0.25) is 5.91 Å². The zero-order valence-corrected chi connectivity index (χ0v) is 11.3. The van der Waals surface area contributed by atoms with Crippen LogP contribution in [0.15, 0.2) is 24.5 Å². The molecule has 0 aromatic carbocycles. The fraction of sp³-hybridized carbons (Fsp3) is 0.600. The van der Waals surface area contributed by atoms with Crippen molar-refractivity contribution < 1.29 is 4.79 Å². The number of hydrogen-bond acceptors (Lipinski definition) is 3. The summed E-state index contributed by atoms with van der Waals surface area (Å²) in [6.07, 6.45) is 9.74. The summed E-state index contributed by atoms with van der Waals surface area (Å²) in [5, 5.41) is 3.10. The molecule has 1 saturated carbocycles. The summed E-state index contributed by atoms with van der Waals surface area (Å²) in [4.78, 5) is 15.9. The number of carbonyl (C=O) groups excluding carboxylic acids is 1. The summed E-state index contributed by atoms with van der Waals surface area (Å²) in [7, 11) is 0. The maximum atomic E-state index is 12.0. The summed E-state index contributed by atoms with van der Waals surface area (Å²) in [5.41, 5.74) is 6.93. The van der Waals surface area contributed by atoms with Crippen molar-refractivity contribution in [3.63, 3.8) is 0 Å². The van der Waals surface area contributed by atoms with E-state index in [-0.39, 0.29) is 11.9 Å². The molecule has 0 radical (unpaired) electrons. The molecule has 1 aromatic rings. The Hall–Kier alpha value is -1.42. The first-order valence-corrected chi connectivity index (χ1v) is 7.18. The first-order chi connectivity index (χ1) is 9.29. The third-order valence-electron chi connectivity index (χ3n) is 3.96. The monoisotopic (exact) mass is 261 g/mol. The van der Waals surface area contributed by atoms with Gasteiger partial charge in [0.1, 0.15) is 0 Å². The van der Waals surface area contributed by atoms with E-state index in [1.165, 1.54) is 25.7 Å². The number of pyridine rings is 1. The van der Waals surface area contributed by atoms with E-state index >= 15 is 0 Å². The van der Waals surface area contributed by atoms with Crippen molar-refractivity contribution in [1.82, 2.24) is 10.3 Å². The van der Waals surface area contributed by atoms with Crippen molar-refractivity contribution in [2.24, 2.45) is 11.7 Å². The number of aryl methyl sites for hydroxylation is 1. The van der Waals surface area contributed by atoms with E-state index < -0.39 is 0 Å². The van der Waals surface area contributed by atoms with Crippen molar-refractivity contribution in [3.05, 3.63) is 30.1 Å². The van der Waals surface area contributed by atoms with E-state index in [1.807, 2.05) is 12.1 Å². The van der Waals surface area contributed by atoms with Crippen molar-refractivity contribution in [3.8, 4) is 0 Å². The Morgan fingerprint density at radius 2 is 2.05 bits per heavy atom. The van der Waals surface area contributed by atoms with Crippen LogP contribution in [0, 0.1) is 5.92 Å². The smallest absolute Gasteiger partial charge is 0.220 e. The predicted octanol–water partition coefficient (Wildman–Crippen LogP) is 1.65. The van der Waals surface area contributed by atoms with Crippen LogP contribution in [0.1, 0.15) is 37.7 Å². The third kappa shape index (κ3) is 4.31. The second-order valence-corrected chi connectivity index (χ2v) is 5.31. The fourth-order valence-corrected chi connectivity index (χ4v) is 2.82. The molecule has 3 N–H and O–H groups in total. The first kappa shape index (κ1) is 14.0. The number of aromatic nitrogens is 1. The lowest BCUT2D eigenvalue weighted by molar-refractivity contribution is -0.122. The molecule has 1 unspecified atom stereocenters. The number of carbonyl (C=O) groups is 1. The largest absolute Gasteiger partial charge is 0.352 e. The number of nitrogens with two attached hydrogens (primary N) is 1. The Morgan fingerprint density at radius 1 is 1.37 bits per heavy atom. The molecule has 0 spiro atoms. The van der Waals surface area contributed by atoms with E-state index in [0.717, 1.165) is 12.0 Å². The average Bonchev–Trinajstić information content (AvgIpc) is 2.97. The Kier molecular flexibility index (Phi) is 5.33. The van der Waals surface area contributed by atoms with Crippen molar-refractivity contribution in [2.45, 2.75) is 44.6 Å². The van der Waals surface area contributed by atoms with Crippen LogP contribution in [0.2, 0.25) is 0 Å². The lowest BCUT2D eigenvalue weighted by Gasteiger charge is -2.23. The van der Waals surface area contributed by atoms with Crippen molar-refractivity contribution in [1.29, 1.82) is 0 Å². The SMILES string of the molecule is NCC(NC(=O)CCc1ccncc1)C1CCCC1. The standard InChI is InChI=1S/C15H23N3O/c16-11-14(13-3-1-2-4-13)18-15(19)6-5-12-7-9-17-10-8-12/h7-10,13-14H,1-6,11,16H2,(H,18,19). The summed E-state index contributed by atoms with van der Waals surface area (Å²) < 4.78 is 0. The van der Waals surface area contributed by atoms with Gasteiger partial charge in [-0.1, -0.05) is 12.8 Å². The van der Waals surface area contributed by atoms with Gasteiger partial charge in [-0.3, -0.25) is 9.78 Å². The van der Waals surface area contributed by atoms with Gasteiger partial charge in [0.05, 0.1) is 0 Å². The molecule has 1 fully saturated rings. The number of amides is 1. The second kappa shape index (κ2) is 7.24. The molecule has 4 nitrogen and oxygen atoms in total. The van der Waals surface area contributed by atoms with Crippen LogP contribution in [0.4, 0.5) is 0 Å². The lowest BCUT2D eigenvalue weighted by atomic mass is 9.98. The average molecular weight is 261 g/mol. The summed E-state index contributed by atoms with van der Waals surface area (Å²) >= 11 is 0. The molecule has 0 bridgehead atoms. The maximum Gasteiger partial charge on any atom is 0.220 e. The lowest BCUT2D eigenvalue weighted by Crippen LogP contribution is -2.44. The zero-order valence-electron chi connectivity index (χ0n) is 11.3. The zero-order chi connectivity index (χ0) is 13.5. The van der Waals surface area contributed by atoms with Gasteiger partial charge in [-0.25, -0.2) is 0 Å². The normalized spacial score (nSPS) is 17.3. The molecule has 0 aliphatic heterocycles. The maximum absolute atomic E-state index is 12.0. The van der Waals surface area contributed by atoms with Gasteiger partial charge >= 0.3 is 0 Å². The number of nitrogens with zero attached hydrogens (tertiary/aromatic N) is 1. The molecule has 4 heteroatoms. The minimum atomic E-state index is 0.110. The van der Waals surface area contributed by atoms with Gasteiger partial charge in [-0.15, -0.1) is 0 Å². The van der Waals surface area contributed by atoms with Crippen LogP contribution in [-0.4, -0.2) is 23.5 Å². The molecule has 1 amide bonds. The van der Waals surface area contributed by atoms with Crippen molar-refractivity contribution >= 4 is 5.91 Å².